The number of carbonyl (C=O) groups is 1. The van der Waals surface area contributed by atoms with Gasteiger partial charge < -0.3 is 11.1 Å². The largest absolute Gasteiger partial charge is 0.350 e. The number of nitrogens with one attached hydrogen (secondary N) is 2. The maximum absolute atomic E-state index is 12.6. The van der Waals surface area contributed by atoms with Crippen LogP contribution in [0.1, 0.15) is 42.6 Å². The molecule has 146 valence electrons. The lowest BCUT2D eigenvalue weighted by Gasteiger charge is -2.27. The van der Waals surface area contributed by atoms with Gasteiger partial charge in [0.25, 0.3) is 15.9 Å². The zero-order valence-corrected chi connectivity index (χ0v) is 16.8. The molecule has 2 rings (SSSR count). The number of hydrogen-bond donors (Lipinski definition) is 3. The molecule has 7 heteroatoms. The van der Waals surface area contributed by atoms with Gasteiger partial charge in [-0.3, -0.25) is 9.52 Å². The third-order valence-electron chi connectivity index (χ3n) is 4.76. The van der Waals surface area contributed by atoms with Crippen LogP contribution in [-0.2, 0) is 10.0 Å². The summed E-state index contributed by atoms with van der Waals surface area (Å²) in [5, 5.41) is 2.82. The van der Waals surface area contributed by atoms with Gasteiger partial charge in [0, 0.05) is 12.1 Å². The van der Waals surface area contributed by atoms with Crippen LogP contribution < -0.4 is 15.8 Å². The number of rotatable bonds is 8. The maximum atomic E-state index is 12.6. The van der Waals surface area contributed by atoms with Crippen molar-refractivity contribution in [3.8, 4) is 0 Å². The normalized spacial score (nSPS) is 11.9. The number of benzene rings is 2. The van der Waals surface area contributed by atoms with E-state index in [1.807, 2.05) is 20.8 Å². The lowest BCUT2D eigenvalue weighted by molar-refractivity contribution is 0.0943. The summed E-state index contributed by atoms with van der Waals surface area (Å²) in [5.41, 5.74) is 7.19. The molecule has 0 aliphatic carbocycles. The summed E-state index contributed by atoms with van der Waals surface area (Å²) in [7, 11) is -3.79. The molecule has 0 atom stereocenters. The van der Waals surface area contributed by atoms with Crippen molar-refractivity contribution in [3.05, 3.63) is 59.7 Å². The first kappa shape index (κ1) is 20.9. The molecule has 27 heavy (non-hydrogen) atoms. The molecule has 0 aromatic heterocycles. The number of carbonyl (C=O) groups excluding carboxylic acids is 1. The summed E-state index contributed by atoms with van der Waals surface area (Å²) in [4.78, 5) is 12.7. The third kappa shape index (κ3) is 5.30. The molecule has 1 amide bonds. The van der Waals surface area contributed by atoms with E-state index in [1.54, 1.807) is 36.4 Å². The first-order chi connectivity index (χ1) is 12.7. The second-order valence-electron chi connectivity index (χ2n) is 6.72. The zero-order chi connectivity index (χ0) is 20.1. The molecule has 0 bridgehead atoms. The van der Waals surface area contributed by atoms with Crippen LogP contribution in [0.15, 0.2) is 53.4 Å². The van der Waals surface area contributed by atoms with E-state index in [4.69, 9.17) is 5.73 Å². The highest BCUT2D eigenvalue weighted by molar-refractivity contribution is 7.92. The standard InChI is InChI=1S/C20H27N3O3S/c1-4-20(21,5-2)14-22-19(24)17-8-6-7-9-18(17)23-27(25,26)16-12-10-15(3)11-13-16/h6-13,23H,4-5,14,21H2,1-3H3,(H,22,24). The van der Waals surface area contributed by atoms with Gasteiger partial charge in [0.2, 0.25) is 0 Å². The van der Waals surface area contributed by atoms with E-state index in [9.17, 15) is 13.2 Å². The van der Waals surface area contributed by atoms with Crippen LogP contribution in [0.5, 0.6) is 0 Å². The highest BCUT2D eigenvalue weighted by Gasteiger charge is 2.23. The number of hydrogen-bond acceptors (Lipinski definition) is 4. The van der Waals surface area contributed by atoms with E-state index in [-0.39, 0.29) is 22.1 Å². The third-order valence-corrected chi connectivity index (χ3v) is 6.14. The van der Waals surface area contributed by atoms with Crippen molar-refractivity contribution in [3.63, 3.8) is 0 Å². The molecule has 4 N–H and O–H groups in total. The number of amides is 1. The molecular formula is C20H27N3O3S. The first-order valence-electron chi connectivity index (χ1n) is 8.96. The summed E-state index contributed by atoms with van der Waals surface area (Å²) in [5.74, 6) is -0.367. The van der Waals surface area contributed by atoms with Crippen molar-refractivity contribution in [2.24, 2.45) is 5.73 Å². The zero-order valence-electron chi connectivity index (χ0n) is 16.0. The number of nitrogens with two attached hydrogens (primary N) is 1. The number of anilines is 1. The number of aryl methyl sites for hydroxylation is 1. The summed E-state index contributed by atoms with van der Waals surface area (Å²) < 4.78 is 27.8. The first-order valence-corrected chi connectivity index (χ1v) is 10.4. The van der Waals surface area contributed by atoms with Gasteiger partial charge in [-0.2, -0.15) is 0 Å². The molecule has 0 spiro atoms. The Morgan fingerprint density at radius 3 is 2.22 bits per heavy atom. The summed E-state index contributed by atoms with van der Waals surface area (Å²) in [6, 6.07) is 13.0. The minimum atomic E-state index is -3.79. The molecule has 0 saturated carbocycles. The van der Waals surface area contributed by atoms with Gasteiger partial charge in [0.05, 0.1) is 16.1 Å². The lowest BCUT2D eigenvalue weighted by Crippen LogP contribution is -2.49. The highest BCUT2D eigenvalue weighted by Crippen LogP contribution is 2.21. The predicted molar refractivity (Wildman–Crippen MR) is 108 cm³/mol. The van der Waals surface area contributed by atoms with E-state index in [2.05, 4.69) is 10.0 Å². The van der Waals surface area contributed by atoms with Gasteiger partial charge in [-0.1, -0.05) is 43.7 Å². The van der Waals surface area contributed by atoms with E-state index < -0.39 is 15.6 Å². The van der Waals surface area contributed by atoms with Crippen LogP contribution in [0.25, 0.3) is 0 Å². The van der Waals surface area contributed by atoms with Crippen LogP contribution in [0.2, 0.25) is 0 Å². The number of sulfonamides is 1. The van der Waals surface area contributed by atoms with Gasteiger partial charge in [-0.05, 0) is 44.0 Å². The lowest BCUT2D eigenvalue weighted by atomic mass is 9.94. The molecular weight excluding hydrogens is 362 g/mol. The van der Waals surface area contributed by atoms with Crippen molar-refractivity contribution in [2.75, 3.05) is 11.3 Å². The average molecular weight is 390 g/mol. The molecule has 2 aromatic carbocycles. The maximum Gasteiger partial charge on any atom is 0.261 e. The topological polar surface area (TPSA) is 101 Å². The van der Waals surface area contributed by atoms with Crippen molar-refractivity contribution in [2.45, 2.75) is 44.0 Å². The highest BCUT2D eigenvalue weighted by atomic mass is 32.2. The van der Waals surface area contributed by atoms with Crippen molar-refractivity contribution < 1.29 is 13.2 Å². The molecule has 0 heterocycles. The SMILES string of the molecule is CCC(N)(CC)CNC(=O)c1ccccc1NS(=O)(=O)c1ccc(C)cc1. The summed E-state index contributed by atoms with van der Waals surface area (Å²) in [6.07, 6.45) is 1.46. The fourth-order valence-electron chi connectivity index (χ4n) is 2.54. The minimum absolute atomic E-state index is 0.140. The van der Waals surface area contributed by atoms with Gasteiger partial charge >= 0.3 is 0 Å². The minimum Gasteiger partial charge on any atom is -0.350 e. The quantitative estimate of drug-likeness (QED) is 0.646. The Morgan fingerprint density at radius 2 is 1.63 bits per heavy atom. The Bertz CT molecular complexity index is 889. The molecule has 0 fully saturated rings. The average Bonchev–Trinajstić information content (AvgIpc) is 2.66. The van der Waals surface area contributed by atoms with E-state index in [0.29, 0.717) is 6.54 Å². The van der Waals surface area contributed by atoms with Gasteiger partial charge in [-0.15, -0.1) is 0 Å². The van der Waals surface area contributed by atoms with Crippen LogP contribution in [0.3, 0.4) is 0 Å². The van der Waals surface area contributed by atoms with Gasteiger partial charge in [0.1, 0.15) is 0 Å². The second kappa shape index (κ2) is 8.54. The second-order valence-corrected chi connectivity index (χ2v) is 8.40. The van der Waals surface area contributed by atoms with Crippen LogP contribution in [0, 0.1) is 6.92 Å². The summed E-state index contributed by atoms with van der Waals surface area (Å²) in [6.45, 7) is 6.14. The molecule has 6 nitrogen and oxygen atoms in total. The Balaban J connectivity index is 2.22. The fourth-order valence-corrected chi connectivity index (χ4v) is 3.62. The van der Waals surface area contributed by atoms with Crippen molar-refractivity contribution >= 4 is 21.6 Å². The molecule has 0 aliphatic heterocycles. The fraction of sp³-hybridized carbons (Fsp3) is 0.350. The van der Waals surface area contributed by atoms with Crippen LogP contribution >= 0.6 is 0 Å². The van der Waals surface area contributed by atoms with E-state index in [0.717, 1.165) is 18.4 Å². The predicted octanol–water partition coefficient (Wildman–Crippen LogP) is 3.04. The Morgan fingerprint density at radius 1 is 1.04 bits per heavy atom. The number of para-hydroxylation sites is 1. The Hall–Kier alpha value is -2.38. The molecule has 0 radical (unpaired) electrons. The smallest absolute Gasteiger partial charge is 0.261 e. The van der Waals surface area contributed by atoms with Crippen LogP contribution in [0.4, 0.5) is 5.69 Å². The van der Waals surface area contributed by atoms with Crippen LogP contribution in [-0.4, -0.2) is 26.4 Å². The van der Waals surface area contributed by atoms with Crippen molar-refractivity contribution in [1.29, 1.82) is 0 Å². The van der Waals surface area contributed by atoms with Gasteiger partial charge in [0.15, 0.2) is 0 Å². The van der Waals surface area contributed by atoms with E-state index in [1.165, 1.54) is 12.1 Å². The van der Waals surface area contributed by atoms with E-state index >= 15 is 0 Å². The summed E-state index contributed by atoms with van der Waals surface area (Å²) >= 11 is 0. The molecule has 0 saturated heterocycles. The molecule has 0 unspecified atom stereocenters. The molecule has 2 aromatic rings. The van der Waals surface area contributed by atoms with Gasteiger partial charge in [-0.25, -0.2) is 8.42 Å². The van der Waals surface area contributed by atoms with Crippen molar-refractivity contribution in [1.82, 2.24) is 5.32 Å². The Labute approximate surface area is 161 Å². The molecule has 0 aliphatic rings. The Kier molecular flexibility index (Phi) is 6.62. The monoisotopic (exact) mass is 389 g/mol.